The minimum absolute atomic E-state index is 0.975. The molecule has 0 amide bonds. The van der Waals surface area contributed by atoms with E-state index in [9.17, 15) is 0 Å². The van der Waals surface area contributed by atoms with Crippen molar-refractivity contribution in [2.45, 2.75) is 0 Å². The van der Waals surface area contributed by atoms with Gasteiger partial charge in [-0.3, -0.25) is 0 Å². The molecule has 0 aliphatic rings. The van der Waals surface area contributed by atoms with Gasteiger partial charge in [-0.15, -0.1) is 22.7 Å². The maximum absolute atomic E-state index is 5.07. The summed E-state index contributed by atoms with van der Waals surface area (Å²) in [5, 5.41) is 12.9. The molecule has 0 atom stereocenters. The molecule has 0 spiro atoms. The fourth-order valence-electron chi connectivity index (χ4n) is 6.61. The van der Waals surface area contributed by atoms with E-state index in [2.05, 4.69) is 136 Å². The third-order valence-corrected chi connectivity index (χ3v) is 10.8. The van der Waals surface area contributed by atoms with Crippen molar-refractivity contribution < 1.29 is 0 Å². The highest BCUT2D eigenvalue weighted by Gasteiger charge is 2.20. The van der Waals surface area contributed by atoms with Gasteiger partial charge in [0.05, 0.1) is 22.2 Å². The zero-order valence-electron chi connectivity index (χ0n) is 22.3. The second-order valence-corrected chi connectivity index (χ2v) is 13.0. The van der Waals surface area contributed by atoms with Gasteiger partial charge in [-0.1, -0.05) is 72.8 Å². The molecule has 0 N–H and O–H groups in total. The zero-order valence-corrected chi connectivity index (χ0v) is 23.9. The van der Waals surface area contributed by atoms with Crippen LogP contribution in [0.5, 0.6) is 0 Å². The minimum atomic E-state index is 0.975. The molecule has 0 bridgehead atoms. The second kappa shape index (κ2) is 8.29. The average molecular weight is 572 g/mol. The van der Waals surface area contributed by atoms with Crippen LogP contribution in [0.25, 0.3) is 84.7 Å². The summed E-state index contributed by atoms with van der Waals surface area (Å²) in [7, 11) is 0. The van der Waals surface area contributed by atoms with Crippen LogP contribution in [0.15, 0.2) is 127 Å². The molecule has 0 aliphatic heterocycles. The van der Waals surface area contributed by atoms with Crippen LogP contribution in [0.4, 0.5) is 0 Å². The van der Waals surface area contributed by atoms with Gasteiger partial charge in [-0.25, -0.2) is 4.52 Å². The molecule has 0 radical (unpaired) electrons. The standard InChI is InChI=1S/C37H21N3S2/c1-4-13-31-22(8-1)16-17-25-19-30(38-40(25)31)23-9-7-10-24(18-23)39-32-20-28-26-11-2-5-14-33(26)41-35(28)21-29(32)36-27-12-3-6-15-34(27)42-37(36)39/h1-21H. The molecule has 0 saturated heterocycles. The number of para-hydroxylation sites is 1. The number of rotatable bonds is 2. The van der Waals surface area contributed by atoms with E-state index in [4.69, 9.17) is 5.10 Å². The predicted octanol–water partition coefficient (Wildman–Crippen LogP) is 10.8. The average Bonchev–Trinajstić information content (AvgIpc) is 3.79. The quantitative estimate of drug-likeness (QED) is 0.202. The smallest absolute Gasteiger partial charge is 0.109 e. The monoisotopic (exact) mass is 571 g/mol. The van der Waals surface area contributed by atoms with Gasteiger partial charge in [-0.2, -0.15) is 5.10 Å². The van der Waals surface area contributed by atoms with E-state index >= 15 is 0 Å². The molecule has 5 heteroatoms. The summed E-state index contributed by atoms with van der Waals surface area (Å²) in [6, 6.07) is 46.2. The van der Waals surface area contributed by atoms with Gasteiger partial charge in [-0.05, 0) is 54.6 Å². The Labute approximate surface area is 248 Å². The SMILES string of the molecule is c1cc(-c2cc3ccc4ccccc4n3n2)cc(-n2c3cc4c(cc3c3c5ccccc5sc32)sc2ccccc24)c1. The Kier molecular flexibility index (Phi) is 4.48. The van der Waals surface area contributed by atoms with E-state index in [0.29, 0.717) is 0 Å². The Hall–Kier alpha value is -4.97. The van der Waals surface area contributed by atoms with Crippen LogP contribution >= 0.6 is 22.7 Å². The first-order chi connectivity index (χ1) is 20.8. The molecule has 5 aromatic carbocycles. The molecular weight excluding hydrogens is 551 g/mol. The van der Waals surface area contributed by atoms with Crippen LogP contribution in [-0.4, -0.2) is 14.2 Å². The summed E-state index contributed by atoms with van der Waals surface area (Å²) in [5.74, 6) is 0. The lowest BCUT2D eigenvalue weighted by Crippen LogP contribution is -1.94. The van der Waals surface area contributed by atoms with Crippen molar-refractivity contribution in [1.29, 1.82) is 0 Å². The molecule has 42 heavy (non-hydrogen) atoms. The number of hydrogen-bond acceptors (Lipinski definition) is 3. The second-order valence-electron chi connectivity index (χ2n) is 10.9. The van der Waals surface area contributed by atoms with E-state index in [-0.39, 0.29) is 0 Å². The molecule has 0 saturated carbocycles. The summed E-state index contributed by atoms with van der Waals surface area (Å²) in [5.41, 5.74) is 6.70. The molecule has 0 unspecified atom stereocenters. The number of thiophene rings is 2. The van der Waals surface area contributed by atoms with Gasteiger partial charge < -0.3 is 4.57 Å². The predicted molar refractivity (Wildman–Crippen MR) is 181 cm³/mol. The van der Waals surface area contributed by atoms with Crippen LogP contribution in [0.2, 0.25) is 0 Å². The topological polar surface area (TPSA) is 22.2 Å². The van der Waals surface area contributed by atoms with Crippen molar-refractivity contribution in [3.05, 3.63) is 127 Å². The van der Waals surface area contributed by atoms with Crippen molar-refractivity contribution in [3.63, 3.8) is 0 Å². The van der Waals surface area contributed by atoms with Crippen LogP contribution in [-0.2, 0) is 0 Å². The van der Waals surface area contributed by atoms with Crippen LogP contribution < -0.4 is 0 Å². The van der Waals surface area contributed by atoms with Crippen molar-refractivity contribution in [3.8, 4) is 16.9 Å². The van der Waals surface area contributed by atoms with Gasteiger partial charge in [0.2, 0.25) is 0 Å². The fourth-order valence-corrected chi connectivity index (χ4v) is 8.99. The lowest BCUT2D eigenvalue weighted by molar-refractivity contribution is 1.01. The minimum Gasteiger partial charge on any atom is -0.301 e. The lowest BCUT2D eigenvalue weighted by Gasteiger charge is -2.09. The number of aromatic nitrogens is 3. The molecule has 0 fully saturated rings. The summed E-state index contributed by atoms with van der Waals surface area (Å²) < 4.78 is 8.52. The van der Waals surface area contributed by atoms with Crippen molar-refractivity contribution in [2.24, 2.45) is 0 Å². The Bertz CT molecular complexity index is 2700. The van der Waals surface area contributed by atoms with Gasteiger partial charge in [0.15, 0.2) is 0 Å². The number of benzene rings is 5. The van der Waals surface area contributed by atoms with Gasteiger partial charge in [0.1, 0.15) is 4.83 Å². The van der Waals surface area contributed by atoms with Crippen molar-refractivity contribution in [2.75, 3.05) is 0 Å². The number of nitrogens with zero attached hydrogens (tertiary/aromatic N) is 3. The Morgan fingerprint density at radius 1 is 0.524 bits per heavy atom. The molecule has 3 nitrogen and oxygen atoms in total. The lowest BCUT2D eigenvalue weighted by atomic mass is 10.1. The molecule has 10 rings (SSSR count). The Morgan fingerprint density at radius 3 is 2.26 bits per heavy atom. The molecular formula is C37H21N3S2. The van der Waals surface area contributed by atoms with Crippen LogP contribution in [0.3, 0.4) is 0 Å². The van der Waals surface area contributed by atoms with Crippen LogP contribution in [0, 0.1) is 0 Å². The van der Waals surface area contributed by atoms with E-state index in [0.717, 1.165) is 28.0 Å². The summed E-state index contributed by atoms with van der Waals surface area (Å²) in [6.07, 6.45) is 0. The molecule has 5 aromatic heterocycles. The van der Waals surface area contributed by atoms with Crippen molar-refractivity contribution >= 4 is 90.5 Å². The Balaban J connectivity index is 1.27. The molecule has 5 heterocycles. The summed E-state index contributed by atoms with van der Waals surface area (Å²) in [4.78, 5) is 1.28. The van der Waals surface area contributed by atoms with Crippen molar-refractivity contribution in [1.82, 2.24) is 14.2 Å². The van der Waals surface area contributed by atoms with Gasteiger partial charge in [0.25, 0.3) is 0 Å². The summed E-state index contributed by atoms with van der Waals surface area (Å²) >= 11 is 3.76. The Morgan fingerprint density at radius 2 is 1.33 bits per heavy atom. The largest absolute Gasteiger partial charge is 0.301 e. The number of hydrogen-bond donors (Lipinski definition) is 0. The number of pyridine rings is 1. The highest BCUT2D eigenvalue weighted by atomic mass is 32.1. The van der Waals surface area contributed by atoms with E-state index in [1.54, 1.807) is 0 Å². The number of fused-ring (bicyclic) bond motifs is 11. The normalized spacial score (nSPS) is 12.3. The van der Waals surface area contributed by atoms with Crippen LogP contribution in [0.1, 0.15) is 0 Å². The third kappa shape index (κ3) is 3.07. The van der Waals surface area contributed by atoms with E-state index < -0.39 is 0 Å². The maximum Gasteiger partial charge on any atom is 0.109 e. The van der Waals surface area contributed by atoms with Gasteiger partial charge >= 0.3 is 0 Å². The van der Waals surface area contributed by atoms with E-state index in [1.165, 1.54) is 56.8 Å². The molecule has 10 aromatic rings. The van der Waals surface area contributed by atoms with E-state index in [1.807, 2.05) is 22.7 Å². The molecule has 0 aliphatic carbocycles. The first-order valence-corrected chi connectivity index (χ1v) is 15.7. The zero-order chi connectivity index (χ0) is 27.4. The first-order valence-electron chi connectivity index (χ1n) is 14.1. The highest BCUT2D eigenvalue weighted by molar-refractivity contribution is 7.26. The maximum atomic E-state index is 5.07. The summed E-state index contributed by atoms with van der Waals surface area (Å²) in [6.45, 7) is 0. The fraction of sp³-hybridized carbons (Fsp3) is 0. The first kappa shape index (κ1) is 22.7. The van der Waals surface area contributed by atoms with Gasteiger partial charge in [0, 0.05) is 57.7 Å². The third-order valence-electron chi connectivity index (χ3n) is 8.52. The molecule has 196 valence electrons. The highest BCUT2D eigenvalue weighted by Crippen LogP contribution is 2.45.